The number of hydrogen-bond donors (Lipinski definition) is 8. The molecule has 3 amide bonds. The maximum atomic E-state index is 13.7. The van der Waals surface area contributed by atoms with Crippen LogP contribution < -0.4 is 33.2 Å². The molecule has 0 saturated carbocycles. The van der Waals surface area contributed by atoms with Crippen molar-refractivity contribution in [1.29, 1.82) is 0 Å². The molecule has 4 atom stereocenters. The minimum absolute atomic E-state index is 0.00265. The summed E-state index contributed by atoms with van der Waals surface area (Å²) < 4.78 is 0. The van der Waals surface area contributed by atoms with Crippen molar-refractivity contribution in [3.05, 3.63) is 65.7 Å². The molecule has 43 heavy (non-hydrogen) atoms. The van der Waals surface area contributed by atoms with Crippen molar-refractivity contribution in [3.63, 3.8) is 0 Å². The van der Waals surface area contributed by atoms with Gasteiger partial charge in [-0.3, -0.25) is 19.4 Å². The molecule has 4 unspecified atom stereocenters. The van der Waals surface area contributed by atoms with Gasteiger partial charge in [0.2, 0.25) is 17.7 Å². The van der Waals surface area contributed by atoms with Crippen molar-refractivity contribution >= 4 is 29.7 Å². The molecule has 0 aliphatic carbocycles. The van der Waals surface area contributed by atoms with E-state index in [2.05, 4.69) is 20.9 Å². The fourth-order valence-electron chi connectivity index (χ4n) is 4.30. The molecule has 2 rings (SSSR count). The Kier molecular flexibility index (Phi) is 13.9. The molecule has 2 aromatic carbocycles. The maximum absolute atomic E-state index is 13.7. The average molecular weight is 598 g/mol. The lowest BCUT2D eigenvalue weighted by Crippen LogP contribution is -2.58. The Balaban J connectivity index is 2.28. The number of guanidine groups is 1. The Labute approximate surface area is 251 Å². The number of aliphatic carboxylic acids is 1. The highest BCUT2D eigenvalue weighted by atomic mass is 16.4. The third-order valence-corrected chi connectivity index (χ3v) is 6.55. The third-order valence-electron chi connectivity index (χ3n) is 6.55. The van der Waals surface area contributed by atoms with Crippen LogP contribution in [-0.2, 0) is 32.0 Å². The summed E-state index contributed by atoms with van der Waals surface area (Å²) in [5.41, 5.74) is 18.1. The Hall–Kier alpha value is -4.65. The van der Waals surface area contributed by atoms with Crippen molar-refractivity contribution in [1.82, 2.24) is 16.0 Å². The molecule has 2 aromatic rings. The number of nitrogens with one attached hydrogen (secondary N) is 3. The van der Waals surface area contributed by atoms with Crippen molar-refractivity contribution < 1.29 is 29.4 Å². The molecule has 0 aliphatic heterocycles. The van der Waals surface area contributed by atoms with Gasteiger partial charge in [-0.15, -0.1) is 0 Å². The van der Waals surface area contributed by atoms with E-state index in [0.717, 1.165) is 5.56 Å². The number of amides is 3. The fraction of sp³-hybridized carbons (Fsp3) is 0.433. The van der Waals surface area contributed by atoms with Gasteiger partial charge in [0, 0.05) is 19.4 Å². The van der Waals surface area contributed by atoms with Gasteiger partial charge < -0.3 is 43.4 Å². The van der Waals surface area contributed by atoms with Crippen molar-refractivity contribution in [2.75, 3.05) is 6.54 Å². The van der Waals surface area contributed by atoms with Crippen molar-refractivity contribution in [3.8, 4) is 5.75 Å². The van der Waals surface area contributed by atoms with E-state index in [1.165, 1.54) is 12.1 Å². The summed E-state index contributed by atoms with van der Waals surface area (Å²) in [5.74, 6) is -3.15. The van der Waals surface area contributed by atoms with Gasteiger partial charge >= 0.3 is 5.97 Å². The summed E-state index contributed by atoms with van der Waals surface area (Å²) in [5, 5.41) is 27.2. The second-order valence-corrected chi connectivity index (χ2v) is 10.8. The zero-order valence-corrected chi connectivity index (χ0v) is 24.5. The van der Waals surface area contributed by atoms with Crippen LogP contribution in [0.15, 0.2) is 59.6 Å². The maximum Gasteiger partial charge on any atom is 0.326 e. The van der Waals surface area contributed by atoms with Crippen molar-refractivity contribution in [2.24, 2.45) is 28.1 Å². The molecule has 0 spiro atoms. The predicted octanol–water partition coefficient (Wildman–Crippen LogP) is 0.143. The molecule has 13 nitrogen and oxygen atoms in total. The first-order valence-electron chi connectivity index (χ1n) is 14.1. The average Bonchev–Trinajstić information content (AvgIpc) is 2.95. The lowest BCUT2D eigenvalue weighted by atomic mass is 10.0. The number of nitrogens with two attached hydrogens (primary N) is 3. The molecular formula is C30H43N7O6. The number of carboxylic acid groups (broad SMARTS) is 1. The minimum atomic E-state index is -1.18. The Morgan fingerprint density at radius 2 is 1.30 bits per heavy atom. The first kappa shape index (κ1) is 34.6. The molecule has 0 bridgehead atoms. The van der Waals surface area contributed by atoms with Crippen LogP contribution >= 0.6 is 0 Å². The number of carbonyl (C=O) groups is 4. The molecule has 0 saturated heterocycles. The third kappa shape index (κ3) is 12.8. The van der Waals surface area contributed by atoms with Gasteiger partial charge in [0.05, 0.1) is 6.04 Å². The number of hydrogen-bond acceptors (Lipinski definition) is 7. The monoisotopic (exact) mass is 597 g/mol. The molecule has 0 fully saturated rings. The Morgan fingerprint density at radius 3 is 1.81 bits per heavy atom. The SMILES string of the molecule is CC(C)CC(NC(=O)C(Cc1ccccc1)NC(=O)C(Cc1ccc(O)cc1)NC(=O)C(N)CCCN=C(N)N)C(=O)O. The summed E-state index contributed by atoms with van der Waals surface area (Å²) in [4.78, 5) is 55.7. The van der Waals surface area contributed by atoms with Crippen LogP contribution in [0.25, 0.3) is 0 Å². The number of carbonyl (C=O) groups excluding carboxylic acids is 3. The number of phenols is 1. The summed E-state index contributed by atoms with van der Waals surface area (Å²) in [6.45, 7) is 3.96. The summed E-state index contributed by atoms with van der Waals surface area (Å²) >= 11 is 0. The molecule has 11 N–H and O–H groups in total. The second kappa shape index (κ2) is 17.3. The summed E-state index contributed by atoms with van der Waals surface area (Å²) in [7, 11) is 0. The van der Waals surface area contributed by atoms with Gasteiger partial charge in [0.1, 0.15) is 23.9 Å². The van der Waals surface area contributed by atoms with Crippen LogP contribution in [0.5, 0.6) is 5.75 Å². The fourth-order valence-corrected chi connectivity index (χ4v) is 4.30. The van der Waals surface area contributed by atoms with Gasteiger partial charge in [-0.25, -0.2) is 4.79 Å². The number of aliphatic imine (C=N–C) groups is 1. The zero-order chi connectivity index (χ0) is 31.9. The van der Waals surface area contributed by atoms with Crippen LogP contribution in [0.1, 0.15) is 44.2 Å². The number of rotatable bonds is 17. The first-order valence-corrected chi connectivity index (χ1v) is 14.1. The van der Waals surface area contributed by atoms with E-state index in [-0.39, 0.29) is 49.9 Å². The van der Waals surface area contributed by atoms with E-state index in [1.54, 1.807) is 36.4 Å². The van der Waals surface area contributed by atoms with E-state index in [4.69, 9.17) is 17.2 Å². The highest BCUT2D eigenvalue weighted by Crippen LogP contribution is 2.13. The van der Waals surface area contributed by atoms with Crippen LogP contribution in [-0.4, -0.2) is 70.6 Å². The van der Waals surface area contributed by atoms with E-state index >= 15 is 0 Å². The van der Waals surface area contributed by atoms with E-state index in [0.29, 0.717) is 12.0 Å². The summed E-state index contributed by atoms with van der Waals surface area (Å²) in [6, 6.07) is 10.7. The Morgan fingerprint density at radius 1 is 0.791 bits per heavy atom. The number of phenolic OH excluding ortho intramolecular Hbond substituents is 1. The molecule has 234 valence electrons. The van der Waals surface area contributed by atoms with Gasteiger partial charge in [-0.2, -0.15) is 0 Å². The molecule has 0 aromatic heterocycles. The number of benzene rings is 2. The van der Waals surface area contributed by atoms with Crippen LogP contribution in [0, 0.1) is 5.92 Å². The topological polar surface area (TPSA) is 235 Å². The van der Waals surface area contributed by atoms with Crippen LogP contribution in [0.4, 0.5) is 0 Å². The number of nitrogens with zero attached hydrogens (tertiary/aromatic N) is 1. The minimum Gasteiger partial charge on any atom is -0.508 e. The smallest absolute Gasteiger partial charge is 0.326 e. The highest BCUT2D eigenvalue weighted by molar-refractivity contribution is 5.94. The van der Waals surface area contributed by atoms with Crippen molar-refractivity contribution in [2.45, 2.75) is 70.1 Å². The normalized spacial score (nSPS) is 13.7. The molecule has 13 heteroatoms. The highest BCUT2D eigenvalue weighted by Gasteiger charge is 2.31. The van der Waals surface area contributed by atoms with Gasteiger partial charge in [0.25, 0.3) is 0 Å². The Bertz CT molecular complexity index is 1230. The zero-order valence-electron chi connectivity index (χ0n) is 24.5. The molecular weight excluding hydrogens is 554 g/mol. The van der Waals surface area contributed by atoms with Gasteiger partial charge in [0.15, 0.2) is 5.96 Å². The second-order valence-electron chi connectivity index (χ2n) is 10.8. The quantitative estimate of drug-likeness (QED) is 0.0702. The molecule has 0 aliphatic rings. The number of aromatic hydroxyl groups is 1. The number of carboxylic acids is 1. The van der Waals surface area contributed by atoms with Crippen LogP contribution in [0.2, 0.25) is 0 Å². The first-order chi connectivity index (χ1) is 20.3. The van der Waals surface area contributed by atoms with E-state index in [1.807, 2.05) is 19.9 Å². The lowest BCUT2D eigenvalue weighted by molar-refractivity contribution is -0.142. The van der Waals surface area contributed by atoms with Gasteiger partial charge in [-0.1, -0.05) is 56.3 Å². The standard InChI is InChI=1S/C30H43N7O6/c1-18(2)15-25(29(42)43)37-28(41)24(16-19-7-4-3-5-8-19)36-27(40)23(17-20-10-12-21(38)13-11-20)35-26(39)22(31)9-6-14-34-30(32)33/h3-5,7-8,10-13,18,22-25,38H,6,9,14-17,31H2,1-2H3,(H,35,39)(H,36,40)(H,37,41)(H,42,43)(H4,32,33,34). The summed E-state index contributed by atoms with van der Waals surface area (Å²) in [6.07, 6.45) is 0.997. The predicted molar refractivity (Wildman–Crippen MR) is 163 cm³/mol. The van der Waals surface area contributed by atoms with Crippen LogP contribution in [0.3, 0.4) is 0 Å². The van der Waals surface area contributed by atoms with E-state index < -0.39 is 47.9 Å². The largest absolute Gasteiger partial charge is 0.508 e. The lowest BCUT2D eigenvalue weighted by Gasteiger charge is -2.26. The van der Waals surface area contributed by atoms with E-state index in [9.17, 15) is 29.4 Å². The van der Waals surface area contributed by atoms with Gasteiger partial charge in [-0.05, 0) is 48.4 Å². The molecule has 0 heterocycles. The molecule has 0 radical (unpaired) electrons.